The number of nitrogens with zero attached hydrogens (tertiary/aromatic N) is 4. The SMILES string of the molecule is Cc1ccc(-c2nn3c(c2C#N)N=C(c2ccccc2)CC3c2ccccc2)cc1. The van der Waals surface area contributed by atoms with Gasteiger partial charge in [-0.15, -0.1) is 0 Å². The van der Waals surface area contributed by atoms with Gasteiger partial charge in [0, 0.05) is 12.0 Å². The highest BCUT2D eigenvalue weighted by atomic mass is 15.4. The standard InChI is InChI=1S/C26H20N4/c1-18-12-14-21(15-13-18)25-22(17-27)26-28-23(19-8-4-2-5-9-19)16-24(30(26)29-25)20-10-6-3-7-11-20/h2-15,24H,16H2,1H3. The molecule has 2 heterocycles. The average molecular weight is 388 g/mol. The minimum atomic E-state index is -0.0137. The van der Waals surface area contributed by atoms with Gasteiger partial charge < -0.3 is 0 Å². The van der Waals surface area contributed by atoms with Gasteiger partial charge in [0.25, 0.3) is 0 Å². The maximum absolute atomic E-state index is 10.0. The number of rotatable bonds is 3. The first kappa shape index (κ1) is 18.1. The van der Waals surface area contributed by atoms with E-state index in [-0.39, 0.29) is 6.04 Å². The molecule has 1 aliphatic rings. The van der Waals surface area contributed by atoms with Crippen molar-refractivity contribution in [3.05, 3.63) is 107 Å². The van der Waals surface area contributed by atoms with E-state index in [2.05, 4.69) is 37.3 Å². The summed E-state index contributed by atoms with van der Waals surface area (Å²) in [6.45, 7) is 2.05. The number of fused-ring (bicyclic) bond motifs is 1. The second-order valence-corrected chi connectivity index (χ2v) is 7.52. The van der Waals surface area contributed by atoms with Gasteiger partial charge in [-0.05, 0) is 18.1 Å². The molecule has 0 fully saturated rings. The second kappa shape index (κ2) is 7.46. The van der Waals surface area contributed by atoms with Gasteiger partial charge in [0.1, 0.15) is 17.3 Å². The monoisotopic (exact) mass is 388 g/mol. The van der Waals surface area contributed by atoms with Crippen LogP contribution in [0.25, 0.3) is 11.3 Å². The van der Waals surface area contributed by atoms with E-state index < -0.39 is 0 Å². The summed E-state index contributed by atoms with van der Waals surface area (Å²) in [4.78, 5) is 4.92. The Hall–Kier alpha value is -3.97. The highest BCUT2D eigenvalue weighted by Gasteiger charge is 2.30. The van der Waals surface area contributed by atoms with Crippen LogP contribution in [0.4, 0.5) is 5.82 Å². The maximum atomic E-state index is 10.0. The Kier molecular flexibility index (Phi) is 4.49. The molecule has 0 bridgehead atoms. The molecule has 1 unspecified atom stereocenters. The summed E-state index contributed by atoms with van der Waals surface area (Å²) < 4.78 is 1.93. The van der Waals surface area contributed by atoms with E-state index >= 15 is 0 Å². The summed E-state index contributed by atoms with van der Waals surface area (Å²) >= 11 is 0. The number of nitriles is 1. The van der Waals surface area contributed by atoms with Crippen molar-refractivity contribution < 1.29 is 0 Å². The summed E-state index contributed by atoms with van der Waals surface area (Å²) in [6.07, 6.45) is 0.723. The minimum Gasteiger partial charge on any atom is -0.238 e. The summed E-state index contributed by atoms with van der Waals surface area (Å²) in [7, 11) is 0. The molecule has 0 spiro atoms. The lowest BCUT2D eigenvalue weighted by Crippen LogP contribution is -2.21. The van der Waals surface area contributed by atoms with E-state index in [1.807, 2.05) is 65.3 Å². The molecule has 5 rings (SSSR count). The molecule has 0 aliphatic carbocycles. The molecule has 30 heavy (non-hydrogen) atoms. The van der Waals surface area contributed by atoms with Gasteiger partial charge in [-0.3, -0.25) is 0 Å². The number of benzene rings is 3. The molecule has 0 saturated heterocycles. The van der Waals surface area contributed by atoms with Crippen LogP contribution in [0.3, 0.4) is 0 Å². The lowest BCUT2D eigenvalue weighted by atomic mass is 9.95. The summed E-state index contributed by atoms with van der Waals surface area (Å²) in [5, 5.41) is 14.9. The van der Waals surface area contributed by atoms with E-state index in [1.54, 1.807) is 0 Å². The summed E-state index contributed by atoms with van der Waals surface area (Å²) in [5.41, 5.74) is 6.52. The molecule has 0 N–H and O–H groups in total. The van der Waals surface area contributed by atoms with Crippen LogP contribution < -0.4 is 0 Å². The largest absolute Gasteiger partial charge is 0.238 e. The molecule has 0 saturated carbocycles. The fourth-order valence-corrected chi connectivity index (χ4v) is 3.96. The third-order valence-electron chi connectivity index (χ3n) is 5.54. The van der Waals surface area contributed by atoms with E-state index in [0.29, 0.717) is 17.1 Å². The third kappa shape index (κ3) is 3.11. The average Bonchev–Trinajstić information content (AvgIpc) is 3.18. The van der Waals surface area contributed by atoms with Gasteiger partial charge in [0.05, 0.1) is 11.8 Å². The van der Waals surface area contributed by atoms with Gasteiger partial charge >= 0.3 is 0 Å². The van der Waals surface area contributed by atoms with Crippen LogP contribution in [0.5, 0.6) is 0 Å². The molecule has 1 aliphatic heterocycles. The zero-order valence-corrected chi connectivity index (χ0v) is 16.7. The summed E-state index contributed by atoms with van der Waals surface area (Å²) in [6, 6.07) is 31.0. The Morgan fingerprint density at radius 1 is 0.867 bits per heavy atom. The number of hydrogen-bond donors (Lipinski definition) is 0. The van der Waals surface area contributed by atoms with Crippen LogP contribution in [-0.2, 0) is 0 Å². The first-order chi connectivity index (χ1) is 14.7. The zero-order valence-electron chi connectivity index (χ0n) is 16.7. The van der Waals surface area contributed by atoms with E-state index in [4.69, 9.17) is 10.1 Å². The Labute approximate surface area is 175 Å². The van der Waals surface area contributed by atoms with E-state index in [0.717, 1.165) is 28.8 Å². The molecule has 144 valence electrons. The van der Waals surface area contributed by atoms with Gasteiger partial charge in [-0.2, -0.15) is 10.4 Å². The molecule has 4 heteroatoms. The van der Waals surface area contributed by atoms with Gasteiger partial charge in [0.15, 0.2) is 5.82 Å². The Bertz CT molecular complexity index is 1260. The smallest absolute Gasteiger partial charge is 0.170 e. The highest BCUT2D eigenvalue weighted by molar-refractivity contribution is 6.03. The fourth-order valence-electron chi connectivity index (χ4n) is 3.96. The van der Waals surface area contributed by atoms with Crippen molar-refractivity contribution >= 4 is 11.5 Å². The van der Waals surface area contributed by atoms with Crippen LogP contribution in [0.1, 0.15) is 34.7 Å². The molecule has 1 atom stereocenters. The number of aryl methyl sites for hydroxylation is 1. The predicted octanol–water partition coefficient (Wildman–Crippen LogP) is 5.84. The molecular formula is C26H20N4. The lowest BCUT2D eigenvalue weighted by Gasteiger charge is -2.25. The van der Waals surface area contributed by atoms with Crippen molar-refractivity contribution in [1.29, 1.82) is 5.26 Å². The van der Waals surface area contributed by atoms with Crippen molar-refractivity contribution in [2.45, 2.75) is 19.4 Å². The predicted molar refractivity (Wildman–Crippen MR) is 119 cm³/mol. The van der Waals surface area contributed by atoms with Gasteiger partial charge in [-0.1, -0.05) is 90.5 Å². The second-order valence-electron chi connectivity index (χ2n) is 7.52. The zero-order chi connectivity index (χ0) is 20.5. The fraction of sp³-hybridized carbons (Fsp3) is 0.115. The van der Waals surface area contributed by atoms with Crippen molar-refractivity contribution in [2.75, 3.05) is 0 Å². The van der Waals surface area contributed by atoms with Crippen molar-refractivity contribution in [3.8, 4) is 17.3 Å². The molecule has 4 nitrogen and oxygen atoms in total. The molecule has 4 aromatic rings. The van der Waals surface area contributed by atoms with Crippen LogP contribution in [0, 0.1) is 18.3 Å². The minimum absolute atomic E-state index is 0.0137. The van der Waals surface area contributed by atoms with E-state index in [1.165, 1.54) is 5.56 Å². The van der Waals surface area contributed by atoms with Crippen molar-refractivity contribution in [3.63, 3.8) is 0 Å². The van der Waals surface area contributed by atoms with Gasteiger partial charge in [-0.25, -0.2) is 9.67 Å². The van der Waals surface area contributed by atoms with Gasteiger partial charge in [0.2, 0.25) is 0 Å². The molecule has 3 aromatic carbocycles. The maximum Gasteiger partial charge on any atom is 0.170 e. The normalized spacial score (nSPS) is 15.2. The first-order valence-electron chi connectivity index (χ1n) is 10.0. The Morgan fingerprint density at radius 3 is 2.20 bits per heavy atom. The Balaban J connectivity index is 1.73. The molecular weight excluding hydrogens is 368 g/mol. The number of aromatic nitrogens is 2. The highest BCUT2D eigenvalue weighted by Crippen LogP contribution is 2.39. The van der Waals surface area contributed by atoms with Crippen LogP contribution in [0.2, 0.25) is 0 Å². The van der Waals surface area contributed by atoms with Crippen LogP contribution in [-0.4, -0.2) is 15.5 Å². The topological polar surface area (TPSA) is 54.0 Å². The van der Waals surface area contributed by atoms with E-state index in [9.17, 15) is 5.26 Å². The quantitative estimate of drug-likeness (QED) is 0.442. The van der Waals surface area contributed by atoms with Crippen molar-refractivity contribution in [1.82, 2.24) is 9.78 Å². The number of hydrogen-bond acceptors (Lipinski definition) is 3. The summed E-state index contributed by atoms with van der Waals surface area (Å²) in [5.74, 6) is 0.632. The molecule has 0 radical (unpaired) electrons. The van der Waals surface area contributed by atoms with Crippen LogP contribution >= 0.6 is 0 Å². The number of aliphatic imine (C=N–C) groups is 1. The Morgan fingerprint density at radius 2 is 1.53 bits per heavy atom. The first-order valence-corrected chi connectivity index (χ1v) is 10.0. The lowest BCUT2D eigenvalue weighted by molar-refractivity contribution is 0.534. The van der Waals surface area contributed by atoms with Crippen LogP contribution in [0.15, 0.2) is 89.9 Å². The third-order valence-corrected chi connectivity index (χ3v) is 5.54. The molecule has 1 aromatic heterocycles. The molecule has 0 amide bonds. The van der Waals surface area contributed by atoms with Crippen molar-refractivity contribution in [2.24, 2.45) is 4.99 Å².